The smallest absolute Gasteiger partial charge is 0.0644 e. The predicted molar refractivity (Wildman–Crippen MR) is 200 cm³/mol. The summed E-state index contributed by atoms with van der Waals surface area (Å²) in [5, 5.41) is 0. The molecule has 0 N–H and O–H groups in total. The zero-order chi connectivity index (χ0) is 32.3. The van der Waals surface area contributed by atoms with Crippen molar-refractivity contribution >= 4 is 0 Å². The van der Waals surface area contributed by atoms with Gasteiger partial charge in [0.2, 0.25) is 0 Å². The van der Waals surface area contributed by atoms with Gasteiger partial charge in [0.25, 0.3) is 0 Å². The van der Waals surface area contributed by atoms with Crippen molar-refractivity contribution < 1.29 is 9.47 Å². The molecule has 0 amide bonds. The van der Waals surface area contributed by atoms with Gasteiger partial charge in [0, 0.05) is 25.8 Å². The SMILES string of the molecule is CCCCC/C=C\C/C=C\CCCCCCCCOCC(COCCCCCCCC/C=C\C/C=C\CCCCC)N1CC1C. The van der Waals surface area contributed by atoms with Gasteiger partial charge >= 0.3 is 0 Å². The van der Waals surface area contributed by atoms with Crippen molar-refractivity contribution in [3.05, 3.63) is 48.6 Å². The van der Waals surface area contributed by atoms with Crippen LogP contribution in [0.4, 0.5) is 0 Å². The first-order valence-electron chi connectivity index (χ1n) is 19.8. The standard InChI is InChI=1S/C42H77NO2/c1-4-6-8-10-12-14-16-18-20-22-24-26-28-30-32-34-36-44-39-42(43-38-41(43)3)40-45-37-35-33-31-29-27-25-23-21-19-17-15-13-11-9-7-5-2/h12-15,18-21,41-42H,4-11,16-17,22-40H2,1-3H3/b14-12-,15-13-,20-18-,21-19-. The fraction of sp³-hybridized carbons (Fsp3) is 0.810. The van der Waals surface area contributed by atoms with E-state index in [0.717, 1.165) is 39.3 Å². The number of nitrogens with zero attached hydrogens (tertiary/aromatic N) is 1. The van der Waals surface area contributed by atoms with Crippen molar-refractivity contribution in [2.75, 3.05) is 33.0 Å². The maximum absolute atomic E-state index is 6.11. The van der Waals surface area contributed by atoms with Crippen LogP contribution in [0.5, 0.6) is 0 Å². The van der Waals surface area contributed by atoms with E-state index in [9.17, 15) is 0 Å². The van der Waals surface area contributed by atoms with Crippen LogP contribution in [0.2, 0.25) is 0 Å². The van der Waals surface area contributed by atoms with Crippen molar-refractivity contribution in [3.63, 3.8) is 0 Å². The molecule has 2 unspecified atom stereocenters. The maximum atomic E-state index is 6.11. The minimum Gasteiger partial charge on any atom is -0.380 e. The summed E-state index contributed by atoms with van der Waals surface area (Å²) in [6.07, 6.45) is 49.8. The normalized spacial score (nSPS) is 17.0. The topological polar surface area (TPSA) is 21.5 Å². The van der Waals surface area contributed by atoms with Crippen molar-refractivity contribution in [2.45, 2.75) is 187 Å². The summed E-state index contributed by atoms with van der Waals surface area (Å²) in [4.78, 5) is 2.54. The van der Waals surface area contributed by atoms with Gasteiger partial charge in [-0.1, -0.05) is 140 Å². The van der Waals surface area contributed by atoms with Crippen LogP contribution in [0.25, 0.3) is 0 Å². The molecule has 1 saturated heterocycles. The second-order valence-electron chi connectivity index (χ2n) is 13.5. The first-order chi connectivity index (χ1) is 22.3. The Balaban J connectivity index is 1.88. The molecule has 1 fully saturated rings. The highest BCUT2D eigenvalue weighted by atomic mass is 16.5. The van der Waals surface area contributed by atoms with Crippen LogP contribution in [-0.2, 0) is 9.47 Å². The van der Waals surface area contributed by atoms with E-state index in [1.54, 1.807) is 0 Å². The van der Waals surface area contributed by atoms with Crippen LogP contribution in [0, 0.1) is 0 Å². The average molecular weight is 628 g/mol. The molecule has 0 aromatic heterocycles. The van der Waals surface area contributed by atoms with Gasteiger partial charge < -0.3 is 9.47 Å². The molecule has 45 heavy (non-hydrogen) atoms. The van der Waals surface area contributed by atoms with E-state index in [0.29, 0.717) is 12.1 Å². The first-order valence-corrected chi connectivity index (χ1v) is 19.8. The monoisotopic (exact) mass is 628 g/mol. The Hall–Kier alpha value is -1.16. The number of hydrogen-bond acceptors (Lipinski definition) is 3. The summed E-state index contributed by atoms with van der Waals surface area (Å²) < 4.78 is 12.2. The Morgan fingerprint density at radius 2 is 0.822 bits per heavy atom. The molecule has 1 aliphatic rings. The van der Waals surface area contributed by atoms with E-state index >= 15 is 0 Å². The minimum atomic E-state index is 0.439. The number of ether oxygens (including phenoxy) is 2. The van der Waals surface area contributed by atoms with Gasteiger partial charge in [0.15, 0.2) is 0 Å². The zero-order valence-corrected chi connectivity index (χ0v) is 30.5. The molecule has 2 atom stereocenters. The van der Waals surface area contributed by atoms with Crippen LogP contribution >= 0.6 is 0 Å². The first kappa shape index (κ1) is 41.9. The van der Waals surface area contributed by atoms with E-state index in [1.165, 1.54) is 148 Å². The van der Waals surface area contributed by atoms with Crippen LogP contribution in [0.1, 0.15) is 175 Å². The van der Waals surface area contributed by atoms with Gasteiger partial charge in [0.05, 0.1) is 19.3 Å². The number of unbranched alkanes of at least 4 members (excludes halogenated alkanes) is 18. The molecule has 262 valence electrons. The van der Waals surface area contributed by atoms with Crippen molar-refractivity contribution in [1.82, 2.24) is 4.90 Å². The Morgan fingerprint density at radius 1 is 0.489 bits per heavy atom. The molecule has 1 aliphatic heterocycles. The lowest BCUT2D eigenvalue weighted by Gasteiger charge is -2.19. The van der Waals surface area contributed by atoms with Crippen LogP contribution < -0.4 is 0 Å². The fourth-order valence-electron chi connectivity index (χ4n) is 5.83. The molecular formula is C42H77NO2. The van der Waals surface area contributed by atoms with Crippen molar-refractivity contribution in [2.24, 2.45) is 0 Å². The lowest BCUT2D eigenvalue weighted by molar-refractivity contribution is 0.0323. The molecule has 0 bridgehead atoms. The van der Waals surface area contributed by atoms with E-state index < -0.39 is 0 Å². The molecule has 3 heteroatoms. The number of hydrogen-bond donors (Lipinski definition) is 0. The second-order valence-corrected chi connectivity index (χ2v) is 13.5. The molecule has 0 aliphatic carbocycles. The summed E-state index contributed by atoms with van der Waals surface area (Å²) in [7, 11) is 0. The third kappa shape index (κ3) is 30.0. The van der Waals surface area contributed by atoms with E-state index in [2.05, 4.69) is 74.3 Å². The average Bonchev–Trinajstić information content (AvgIpc) is 3.78. The largest absolute Gasteiger partial charge is 0.380 e. The molecule has 0 aromatic rings. The fourth-order valence-corrected chi connectivity index (χ4v) is 5.83. The van der Waals surface area contributed by atoms with E-state index in [1.807, 2.05) is 0 Å². The Morgan fingerprint density at radius 3 is 1.18 bits per heavy atom. The van der Waals surface area contributed by atoms with Gasteiger partial charge in [-0.15, -0.1) is 0 Å². The number of allylic oxidation sites excluding steroid dienone is 8. The quantitative estimate of drug-likeness (QED) is 0.0396. The Labute approximate surface area is 282 Å². The molecule has 0 spiro atoms. The van der Waals surface area contributed by atoms with Crippen LogP contribution in [0.3, 0.4) is 0 Å². The third-order valence-corrected chi connectivity index (χ3v) is 8.98. The van der Waals surface area contributed by atoms with Crippen molar-refractivity contribution in [1.29, 1.82) is 0 Å². The van der Waals surface area contributed by atoms with Crippen LogP contribution in [-0.4, -0.2) is 50.0 Å². The molecule has 1 heterocycles. The summed E-state index contributed by atoms with van der Waals surface area (Å²) in [5.74, 6) is 0. The number of rotatable bonds is 35. The van der Waals surface area contributed by atoms with Gasteiger partial charge in [-0.25, -0.2) is 0 Å². The molecule has 0 aromatic carbocycles. The Kier molecular flexibility index (Phi) is 31.8. The highest BCUT2D eigenvalue weighted by Crippen LogP contribution is 2.21. The second kappa shape index (κ2) is 34.2. The minimum absolute atomic E-state index is 0.439. The summed E-state index contributed by atoms with van der Waals surface area (Å²) in [6.45, 7) is 11.5. The molecule has 0 radical (unpaired) electrons. The van der Waals surface area contributed by atoms with Crippen LogP contribution in [0.15, 0.2) is 48.6 Å². The lowest BCUT2D eigenvalue weighted by Crippen LogP contribution is -2.31. The van der Waals surface area contributed by atoms with Gasteiger partial charge in [-0.05, 0) is 84.0 Å². The Bertz CT molecular complexity index is 659. The summed E-state index contributed by atoms with van der Waals surface area (Å²) in [5.41, 5.74) is 0. The molecule has 3 nitrogen and oxygen atoms in total. The van der Waals surface area contributed by atoms with Gasteiger partial charge in [-0.3, -0.25) is 4.90 Å². The van der Waals surface area contributed by atoms with Gasteiger partial charge in [-0.2, -0.15) is 0 Å². The lowest BCUT2D eigenvalue weighted by atomic mass is 10.1. The van der Waals surface area contributed by atoms with E-state index in [4.69, 9.17) is 9.47 Å². The third-order valence-electron chi connectivity index (χ3n) is 8.98. The molecule has 0 saturated carbocycles. The molecule has 1 rings (SSSR count). The molecular weight excluding hydrogens is 550 g/mol. The summed E-state index contributed by atoms with van der Waals surface area (Å²) >= 11 is 0. The predicted octanol–water partition coefficient (Wildman–Crippen LogP) is 12.7. The zero-order valence-electron chi connectivity index (χ0n) is 30.5. The van der Waals surface area contributed by atoms with Crippen molar-refractivity contribution in [3.8, 4) is 0 Å². The highest BCUT2D eigenvalue weighted by Gasteiger charge is 2.36. The van der Waals surface area contributed by atoms with Gasteiger partial charge in [0.1, 0.15) is 0 Å². The summed E-state index contributed by atoms with van der Waals surface area (Å²) in [6, 6.07) is 1.14. The van der Waals surface area contributed by atoms with E-state index in [-0.39, 0.29) is 0 Å². The highest BCUT2D eigenvalue weighted by molar-refractivity contribution is 4.94. The maximum Gasteiger partial charge on any atom is 0.0644 e.